The van der Waals surface area contributed by atoms with Crippen LogP contribution >= 0.6 is 0 Å². The number of rotatable bonds is 4. The van der Waals surface area contributed by atoms with Crippen molar-refractivity contribution in [3.63, 3.8) is 0 Å². The van der Waals surface area contributed by atoms with E-state index in [1.165, 1.54) is 18.4 Å². The van der Waals surface area contributed by atoms with Gasteiger partial charge in [0.1, 0.15) is 12.1 Å². The molecule has 1 aromatic carbocycles. The number of hydrogen-bond acceptors (Lipinski definition) is 4. The summed E-state index contributed by atoms with van der Waals surface area (Å²) in [4.78, 5) is 15.7. The van der Waals surface area contributed by atoms with E-state index in [4.69, 9.17) is 10.2 Å². The standard InChI is InChI=1S/C13H14FN3O2/c1-8(15)13-17-11(7-19-13)12(18)16-6-9-2-4-10(14)5-3-9/h2-5,7-8H,6,15H2,1H3,(H,16,18). The van der Waals surface area contributed by atoms with E-state index in [9.17, 15) is 9.18 Å². The Labute approximate surface area is 109 Å². The maximum Gasteiger partial charge on any atom is 0.273 e. The fourth-order valence-corrected chi connectivity index (χ4v) is 1.48. The molecule has 5 nitrogen and oxygen atoms in total. The molecule has 3 N–H and O–H groups in total. The highest BCUT2D eigenvalue weighted by Crippen LogP contribution is 2.09. The molecule has 2 rings (SSSR count). The molecular formula is C13H14FN3O2. The van der Waals surface area contributed by atoms with Crippen LogP contribution in [0.2, 0.25) is 0 Å². The van der Waals surface area contributed by atoms with Crippen LogP contribution in [0.4, 0.5) is 4.39 Å². The smallest absolute Gasteiger partial charge is 0.273 e. The molecule has 0 saturated heterocycles. The van der Waals surface area contributed by atoms with Crippen LogP contribution in [0.25, 0.3) is 0 Å². The number of aromatic nitrogens is 1. The average Bonchev–Trinajstić information content (AvgIpc) is 2.87. The predicted molar refractivity (Wildman–Crippen MR) is 66.7 cm³/mol. The first-order chi connectivity index (χ1) is 9.06. The zero-order valence-corrected chi connectivity index (χ0v) is 10.4. The molecule has 1 unspecified atom stereocenters. The van der Waals surface area contributed by atoms with E-state index in [2.05, 4.69) is 10.3 Å². The number of halogens is 1. The molecule has 100 valence electrons. The molecule has 0 aliphatic heterocycles. The second-order valence-electron chi connectivity index (χ2n) is 4.17. The van der Waals surface area contributed by atoms with Crippen LogP contribution < -0.4 is 11.1 Å². The SMILES string of the molecule is CC(N)c1nc(C(=O)NCc2ccc(F)cc2)co1. The maximum atomic E-state index is 12.7. The fourth-order valence-electron chi connectivity index (χ4n) is 1.48. The van der Waals surface area contributed by atoms with Gasteiger partial charge in [0, 0.05) is 6.54 Å². The molecule has 0 spiro atoms. The van der Waals surface area contributed by atoms with E-state index in [-0.39, 0.29) is 23.5 Å². The van der Waals surface area contributed by atoms with Gasteiger partial charge in [-0.3, -0.25) is 4.79 Å². The summed E-state index contributed by atoms with van der Waals surface area (Å²) < 4.78 is 17.8. The topological polar surface area (TPSA) is 81.1 Å². The van der Waals surface area contributed by atoms with Gasteiger partial charge in [-0.05, 0) is 24.6 Å². The lowest BCUT2D eigenvalue weighted by atomic mass is 10.2. The average molecular weight is 263 g/mol. The minimum Gasteiger partial charge on any atom is -0.446 e. The highest BCUT2D eigenvalue weighted by atomic mass is 19.1. The van der Waals surface area contributed by atoms with Gasteiger partial charge in [0.25, 0.3) is 5.91 Å². The fraction of sp³-hybridized carbons (Fsp3) is 0.231. The van der Waals surface area contributed by atoms with Crippen molar-refractivity contribution < 1.29 is 13.6 Å². The number of nitrogens with two attached hydrogens (primary N) is 1. The van der Waals surface area contributed by atoms with Crippen molar-refractivity contribution in [1.29, 1.82) is 0 Å². The summed E-state index contributed by atoms with van der Waals surface area (Å²) in [6.45, 7) is 2.01. The summed E-state index contributed by atoms with van der Waals surface area (Å²) in [7, 11) is 0. The highest BCUT2D eigenvalue weighted by molar-refractivity contribution is 5.91. The molecule has 19 heavy (non-hydrogen) atoms. The van der Waals surface area contributed by atoms with Gasteiger partial charge < -0.3 is 15.5 Å². The highest BCUT2D eigenvalue weighted by Gasteiger charge is 2.13. The lowest BCUT2D eigenvalue weighted by Crippen LogP contribution is -2.23. The van der Waals surface area contributed by atoms with Crippen LogP contribution in [0, 0.1) is 5.82 Å². The molecule has 2 aromatic rings. The number of carbonyl (C=O) groups excluding carboxylic acids is 1. The zero-order chi connectivity index (χ0) is 13.8. The monoisotopic (exact) mass is 263 g/mol. The Hall–Kier alpha value is -2.21. The molecule has 6 heteroatoms. The van der Waals surface area contributed by atoms with Gasteiger partial charge in [-0.25, -0.2) is 9.37 Å². The van der Waals surface area contributed by atoms with Crippen molar-refractivity contribution in [1.82, 2.24) is 10.3 Å². The van der Waals surface area contributed by atoms with Crippen LogP contribution in [-0.2, 0) is 6.54 Å². The van der Waals surface area contributed by atoms with Crippen LogP contribution in [0.3, 0.4) is 0 Å². The van der Waals surface area contributed by atoms with E-state index in [1.807, 2.05) is 0 Å². The quantitative estimate of drug-likeness (QED) is 0.880. The largest absolute Gasteiger partial charge is 0.446 e. The van der Waals surface area contributed by atoms with Gasteiger partial charge in [-0.2, -0.15) is 0 Å². The van der Waals surface area contributed by atoms with Crippen LogP contribution in [0.15, 0.2) is 34.9 Å². The molecule has 1 amide bonds. The molecule has 0 aliphatic carbocycles. The van der Waals surface area contributed by atoms with Crippen molar-refractivity contribution in [3.8, 4) is 0 Å². The van der Waals surface area contributed by atoms with Gasteiger partial charge in [0.15, 0.2) is 5.69 Å². The molecule has 0 radical (unpaired) electrons. The summed E-state index contributed by atoms with van der Waals surface area (Å²) >= 11 is 0. The third kappa shape index (κ3) is 3.38. The van der Waals surface area contributed by atoms with Crippen LogP contribution in [-0.4, -0.2) is 10.9 Å². The number of benzene rings is 1. The van der Waals surface area contributed by atoms with Gasteiger partial charge in [0.05, 0.1) is 6.04 Å². The predicted octanol–water partition coefficient (Wildman–Crippen LogP) is 1.76. The Bertz CT molecular complexity index is 564. The van der Waals surface area contributed by atoms with Crippen molar-refractivity contribution in [2.24, 2.45) is 5.73 Å². The van der Waals surface area contributed by atoms with Crippen molar-refractivity contribution in [2.45, 2.75) is 19.5 Å². The van der Waals surface area contributed by atoms with Gasteiger partial charge in [-0.15, -0.1) is 0 Å². The van der Waals surface area contributed by atoms with E-state index < -0.39 is 0 Å². The molecule has 1 atom stereocenters. The van der Waals surface area contributed by atoms with Crippen LogP contribution in [0.1, 0.15) is 34.9 Å². The molecule has 1 heterocycles. The normalized spacial score (nSPS) is 12.2. The maximum absolute atomic E-state index is 12.7. The Balaban J connectivity index is 1.95. The summed E-state index contributed by atoms with van der Waals surface area (Å²) in [5.74, 6) is -0.361. The lowest BCUT2D eigenvalue weighted by molar-refractivity contribution is 0.0946. The number of hydrogen-bond donors (Lipinski definition) is 2. The van der Waals surface area contributed by atoms with E-state index in [0.29, 0.717) is 12.4 Å². The number of nitrogens with one attached hydrogen (secondary N) is 1. The Morgan fingerprint density at radius 2 is 2.16 bits per heavy atom. The summed E-state index contributed by atoms with van der Waals surface area (Å²) in [5, 5.41) is 2.66. The lowest BCUT2D eigenvalue weighted by Gasteiger charge is -2.02. The summed E-state index contributed by atoms with van der Waals surface area (Å²) in [6, 6.07) is 5.52. The zero-order valence-electron chi connectivity index (χ0n) is 10.4. The molecule has 0 fully saturated rings. The first kappa shape index (κ1) is 13.2. The first-order valence-electron chi connectivity index (χ1n) is 5.80. The second-order valence-corrected chi connectivity index (χ2v) is 4.17. The Kier molecular flexibility index (Phi) is 3.91. The van der Waals surface area contributed by atoms with Crippen molar-refractivity contribution in [3.05, 3.63) is 53.5 Å². The first-order valence-corrected chi connectivity index (χ1v) is 5.80. The number of oxazole rings is 1. The van der Waals surface area contributed by atoms with Crippen molar-refractivity contribution in [2.75, 3.05) is 0 Å². The van der Waals surface area contributed by atoms with Gasteiger partial charge in [-0.1, -0.05) is 12.1 Å². The molecule has 0 saturated carbocycles. The number of nitrogens with zero attached hydrogens (tertiary/aromatic N) is 1. The second kappa shape index (κ2) is 5.62. The van der Waals surface area contributed by atoms with Crippen molar-refractivity contribution >= 4 is 5.91 Å². The third-order valence-electron chi connectivity index (χ3n) is 2.51. The minimum atomic E-state index is -0.362. The summed E-state index contributed by atoms with van der Waals surface area (Å²) in [6.07, 6.45) is 1.26. The van der Waals surface area contributed by atoms with E-state index >= 15 is 0 Å². The minimum absolute atomic E-state index is 0.175. The Morgan fingerprint density at radius 3 is 2.74 bits per heavy atom. The molecule has 1 aromatic heterocycles. The van der Waals surface area contributed by atoms with E-state index in [1.54, 1.807) is 19.1 Å². The van der Waals surface area contributed by atoms with Gasteiger partial charge >= 0.3 is 0 Å². The summed E-state index contributed by atoms with van der Waals surface area (Å²) in [5.41, 5.74) is 6.56. The molecular weight excluding hydrogens is 249 g/mol. The number of amides is 1. The van der Waals surface area contributed by atoms with Crippen LogP contribution in [0.5, 0.6) is 0 Å². The van der Waals surface area contributed by atoms with E-state index in [0.717, 1.165) is 5.56 Å². The van der Waals surface area contributed by atoms with Gasteiger partial charge in [0.2, 0.25) is 5.89 Å². The Morgan fingerprint density at radius 1 is 1.47 bits per heavy atom. The molecule has 0 aliphatic rings. The third-order valence-corrected chi connectivity index (χ3v) is 2.51. The number of carbonyl (C=O) groups is 1. The molecule has 0 bridgehead atoms.